The third-order valence-electron chi connectivity index (χ3n) is 31.5. The molecule has 630 valence electrons. The summed E-state index contributed by atoms with van der Waals surface area (Å²) < 4.78 is 44.7. The first-order valence-electron chi connectivity index (χ1n) is 43.1. The zero-order valence-corrected chi connectivity index (χ0v) is 69.3. The minimum Gasteiger partial charge on any atom is -0.463 e. The summed E-state index contributed by atoms with van der Waals surface area (Å²) in [6.45, 7) is 36.3. The summed E-state index contributed by atoms with van der Waals surface area (Å²) in [5.74, 6) is 7.65. The molecule has 18 aliphatic carbocycles. The SMILES string of the molecule is C.C.C.CCC(C)(C)C(=O)OC1(C)C2CC3CC(C2)CC1C3.CCC(C)(C)C(=O)OC12CC3CC(CC(O)(C3)C1)C2.CCC(C)(C)C(=O)OC1CCOC1=O.CCC(C)C(=O)OC(C)(C)C12CC3CC(CC(C3)C1)C2.CCC(C)C(=O)OC12CC3CC(CC(O)(C3)C1)C2.CCC(C)C(=O)OC1C2CC3C(=O)OC1C3C2. The Morgan fingerprint density at radius 3 is 1.28 bits per heavy atom. The van der Waals surface area contributed by atoms with Crippen molar-refractivity contribution in [1.82, 2.24) is 0 Å². The fourth-order valence-electron chi connectivity index (χ4n) is 24.2. The maximum Gasteiger partial charge on any atom is 0.347 e. The number of esters is 8. The summed E-state index contributed by atoms with van der Waals surface area (Å²) >= 11 is 0. The lowest BCUT2D eigenvalue weighted by atomic mass is 9.46. The van der Waals surface area contributed by atoms with Gasteiger partial charge in [-0.15, -0.1) is 0 Å². The van der Waals surface area contributed by atoms with Gasteiger partial charge in [0.05, 0.1) is 57.7 Å². The number of cyclic esters (lactones) is 1. The maximum absolute atomic E-state index is 12.5. The van der Waals surface area contributed by atoms with E-state index >= 15 is 0 Å². The molecule has 2 saturated heterocycles. The van der Waals surface area contributed by atoms with E-state index in [-0.39, 0.29) is 133 Å². The lowest BCUT2D eigenvalue weighted by Crippen LogP contribution is -2.61. The zero-order valence-electron chi connectivity index (χ0n) is 69.3. The van der Waals surface area contributed by atoms with Crippen LogP contribution in [0.15, 0.2) is 0 Å². The van der Waals surface area contributed by atoms with Gasteiger partial charge in [-0.25, -0.2) is 4.79 Å². The number of carbonyl (C=O) groups excluding carboxylic acids is 8. The van der Waals surface area contributed by atoms with Crippen LogP contribution in [0.2, 0.25) is 0 Å². The van der Waals surface area contributed by atoms with Crippen molar-refractivity contribution in [3.63, 3.8) is 0 Å². The Morgan fingerprint density at radius 1 is 0.464 bits per heavy atom. The summed E-state index contributed by atoms with van der Waals surface area (Å²) in [5.41, 5.74) is -3.25. The number of fused-ring (bicyclic) bond motifs is 1. The largest absolute Gasteiger partial charge is 0.463 e. The molecule has 0 radical (unpaired) electrons. The van der Waals surface area contributed by atoms with Crippen LogP contribution < -0.4 is 0 Å². The average Bonchev–Trinajstić information content (AvgIpc) is 1.43. The van der Waals surface area contributed by atoms with Crippen LogP contribution in [-0.2, 0) is 76.3 Å². The van der Waals surface area contributed by atoms with Gasteiger partial charge in [-0.1, -0.05) is 84.6 Å². The molecule has 20 fully saturated rings. The fourth-order valence-corrected chi connectivity index (χ4v) is 24.2. The molecule has 20 rings (SSSR count). The molecule has 18 saturated carbocycles. The Bertz CT molecular complexity index is 3140. The Hall–Kier alpha value is -4.32. The molecule has 2 aliphatic heterocycles. The second-order valence-corrected chi connectivity index (χ2v) is 41.3. The van der Waals surface area contributed by atoms with Crippen molar-refractivity contribution in [2.24, 2.45) is 122 Å². The summed E-state index contributed by atoms with van der Waals surface area (Å²) in [7, 11) is 0. The van der Waals surface area contributed by atoms with Crippen LogP contribution in [0.5, 0.6) is 0 Å². The van der Waals surface area contributed by atoms with Crippen LogP contribution in [0, 0.1) is 122 Å². The van der Waals surface area contributed by atoms with Crippen molar-refractivity contribution in [1.29, 1.82) is 0 Å². The van der Waals surface area contributed by atoms with Crippen LogP contribution in [0.25, 0.3) is 0 Å². The molecule has 0 aromatic rings. The van der Waals surface area contributed by atoms with Crippen LogP contribution in [0.1, 0.15) is 352 Å². The highest BCUT2D eigenvalue weighted by atomic mass is 16.6. The van der Waals surface area contributed by atoms with Crippen LogP contribution >= 0.6 is 0 Å². The summed E-state index contributed by atoms with van der Waals surface area (Å²) in [6.07, 6.45) is 32.3. The molecule has 13 atom stereocenters. The number of hydrogen-bond acceptors (Lipinski definition) is 18. The van der Waals surface area contributed by atoms with Crippen LogP contribution in [0.3, 0.4) is 0 Å². The van der Waals surface area contributed by atoms with Crippen LogP contribution in [-0.4, -0.2) is 116 Å². The van der Waals surface area contributed by atoms with Crippen molar-refractivity contribution in [2.75, 3.05) is 6.61 Å². The predicted octanol–water partition coefficient (Wildman–Crippen LogP) is 19.2. The minimum absolute atomic E-state index is 0. The Morgan fingerprint density at radius 2 is 0.864 bits per heavy atom. The highest BCUT2D eigenvalue weighted by Gasteiger charge is 2.66. The van der Waals surface area contributed by atoms with Crippen molar-refractivity contribution in [3.8, 4) is 0 Å². The Labute approximate surface area is 664 Å². The van der Waals surface area contributed by atoms with E-state index in [0.717, 1.165) is 126 Å². The topological polar surface area (TPSA) is 251 Å². The van der Waals surface area contributed by atoms with Gasteiger partial charge in [0.2, 0.25) is 6.10 Å². The molecular weight excluding hydrogens is 1390 g/mol. The van der Waals surface area contributed by atoms with Crippen molar-refractivity contribution < 1.29 is 86.5 Å². The number of hydrogen-bond donors (Lipinski definition) is 2. The van der Waals surface area contributed by atoms with Gasteiger partial charge in [0.1, 0.15) is 34.6 Å². The van der Waals surface area contributed by atoms with Crippen LogP contribution in [0.4, 0.5) is 0 Å². The molecule has 2 heterocycles. The third-order valence-corrected chi connectivity index (χ3v) is 31.5. The van der Waals surface area contributed by atoms with Gasteiger partial charge >= 0.3 is 47.8 Å². The number of aliphatic hydroxyl groups is 2. The molecule has 18 bridgehead atoms. The standard InChI is InChI=1S/C18H30O2.C17H28O2.C16H26O3.C15H24O3.C13H18O4.C10H16O4.3CH4/c1-5-12(2)16(19)20-17(3,4)18-9-13-6-14(10-18)8-15(7-13)11-18;1-5-16(2,3)15(18)19-17(4)13-7-11-6-12(9-13)10-14(17)8-11;1-4-14(2,3)13(17)19-16-8-11-5-12(9-16)7-15(18,6-11)10-16;1-3-10(2)13(16)18-15-7-11-4-12(8-15)6-14(17,5-11)9-15;1-3-6(2)12(14)16-10-7-4-8-9(5-7)13(15)17-11(8)10;1-4-10(2,3)9(12)14-7-5-6-13-8(7)11;;;/h12-15H,5-11H2,1-4H3;11-14H,5-10H2,1-4H3;11-12,18H,4-10H2,1-3H3;10-12,17H,3-9H2,1-2H3;6-11H,3-5H2,1-2H3;7H,4-6H2,1-3H3;3*1H4. The molecule has 2 N–H and O–H groups in total. The minimum atomic E-state index is -0.687. The molecule has 110 heavy (non-hydrogen) atoms. The van der Waals surface area contributed by atoms with Gasteiger partial charge in [0.25, 0.3) is 0 Å². The molecule has 13 unspecified atom stereocenters. The smallest absolute Gasteiger partial charge is 0.347 e. The molecule has 0 spiro atoms. The van der Waals surface area contributed by atoms with E-state index in [0.29, 0.717) is 79.6 Å². The average molecular weight is 1550 g/mol. The first-order valence-corrected chi connectivity index (χ1v) is 43.1. The van der Waals surface area contributed by atoms with Gasteiger partial charge in [-0.2, -0.15) is 0 Å². The van der Waals surface area contributed by atoms with Gasteiger partial charge in [-0.05, 0) is 314 Å². The molecule has 0 aromatic heterocycles. The summed E-state index contributed by atoms with van der Waals surface area (Å²) in [4.78, 5) is 95.1. The van der Waals surface area contributed by atoms with E-state index in [1.807, 2.05) is 76.2 Å². The number of ether oxygens (including phenoxy) is 8. The molecule has 18 heteroatoms. The van der Waals surface area contributed by atoms with Gasteiger partial charge in [0.15, 0.2) is 0 Å². The second-order valence-electron chi connectivity index (χ2n) is 41.3. The zero-order chi connectivity index (χ0) is 78.2. The highest BCUT2D eigenvalue weighted by molar-refractivity contribution is 5.83. The van der Waals surface area contributed by atoms with Gasteiger partial charge in [0, 0.05) is 36.5 Å². The normalized spacial score (nSPS) is 40.0. The van der Waals surface area contributed by atoms with E-state index in [4.69, 9.17) is 37.9 Å². The molecule has 0 amide bonds. The quantitative estimate of drug-likeness (QED) is 0.0900. The Kier molecular flexibility index (Phi) is 28.6. The van der Waals surface area contributed by atoms with E-state index in [9.17, 15) is 48.6 Å². The van der Waals surface area contributed by atoms with Crippen molar-refractivity contribution in [3.05, 3.63) is 0 Å². The van der Waals surface area contributed by atoms with E-state index in [1.54, 1.807) is 13.8 Å². The highest BCUT2D eigenvalue weighted by Crippen LogP contribution is 2.66. The van der Waals surface area contributed by atoms with Crippen molar-refractivity contribution in [2.45, 2.75) is 404 Å². The van der Waals surface area contributed by atoms with E-state index < -0.39 is 34.1 Å². The second kappa shape index (κ2) is 34.5. The third kappa shape index (κ3) is 19.2. The summed E-state index contributed by atoms with van der Waals surface area (Å²) in [5, 5.41) is 21.2. The van der Waals surface area contributed by atoms with Crippen molar-refractivity contribution >= 4 is 47.8 Å². The number of carbonyl (C=O) groups is 8. The van der Waals surface area contributed by atoms with Gasteiger partial charge in [-0.3, -0.25) is 33.6 Å². The van der Waals surface area contributed by atoms with Gasteiger partial charge < -0.3 is 48.1 Å². The lowest BCUT2D eigenvalue weighted by Gasteiger charge is -2.61. The summed E-state index contributed by atoms with van der Waals surface area (Å²) in [6, 6.07) is 0. The lowest BCUT2D eigenvalue weighted by molar-refractivity contribution is -0.225. The first-order chi connectivity index (χ1) is 50.0. The molecule has 18 nitrogen and oxygen atoms in total. The maximum atomic E-state index is 12.5. The molecule has 20 aliphatic rings. The molecular formula is C92H154O18. The monoisotopic (exact) mass is 1550 g/mol. The Balaban J connectivity index is 0.000000166. The fraction of sp³-hybridized carbons (Fsp3) is 0.913. The van der Waals surface area contributed by atoms with E-state index in [2.05, 4.69) is 34.6 Å². The number of rotatable bonds is 19. The molecule has 0 aromatic carbocycles. The first kappa shape index (κ1) is 91.2. The van der Waals surface area contributed by atoms with E-state index in [1.165, 1.54) is 83.5 Å². The predicted molar refractivity (Wildman–Crippen MR) is 425 cm³/mol.